The molecule has 1 saturated carbocycles. The van der Waals surface area contributed by atoms with Crippen molar-refractivity contribution in [3.05, 3.63) is 17.6 Å². The lowest BCUT2D eigenvalue weighted by Gasteiger charge is -2.28. The molecule has 0 aliphatic heterocycles. The third kappa shape index (κ3) is 4.16. The first-order chi connectivity index (χ1) is 9.97. The van der Waals surface area contributed by atoms with Crippen molar-refractivity contribution in [2.24, 2.45) is 11.8 Å². The molecule has 1 aliphatic rings. The highest BCUT2D eigenvalue weighted by Gasteiger charge is 2.30. The fraction of sp³-hybridized carbons (Fsp3) is 0.688. The van der Waals surface area contributed by atoms with Crippen LogP contribution in [0.15, 0.2) is 6.07 Å². The molecule has 0 bridgehead atoms. The molecule has 0 saturated heterocycles. The Bertz CT molecular complexity index is 502. The molecule has 2 N–H and O–H groups in total. The zero-order valence-electron chi connectivity index (χ0n) is 13.1. The maximum atomic E-state index is 11.3. The van der Waals surface area contributed by atoms with Crippen molar-refractivity contribution < 1.29 is 9.90 Å². The highest BCUT2D eigenvalue weighted by atomic mass is 16.4. The summed E-state index contributed by atoms with van der Waals surface area (Å²) in [6, 6.07) is 1.92. The van der Waals surface area contributed by atoms with Crippen LogP contribution in [0.1, 0.15) is 57.0 Å². The summed E-state index contributed by atoms with van der Waals surface area (Å²) < 4.78 is 0. The lowest BCUT2D eigenvalue weighted by molar-refractivity contribution is -0.144. The van der Waals surface area contributed by atoms with Gasteiger partial charge < -0.3 is 10.4 Å². The topological polar surface area (TPSA) is 75.1 Å². The van der Waals surface area contributed by atoms with Gasteiger partial charge in [0.2, 0.25) is 0 Å². The normalized spacial score (nSPS) is 22.3. The summed E-state index contributed by atoms with van der Waals surface area (Å²) in [5, 5.41) is 12.6. The van der Waals surface area contributed by atoms with Crippen molar-refractivity contribution in [3.8, 4) is 0 Å². The van der Waals surface area contributed by atoms with E-state index in [1.807, 2.05) is 13.0 Å². The van der Waals surface area contributed by atoms with Crippen LogP contribution >= 0.6 is 0 Å². The Labute approximate surface area is 126 Å². The first-order valence-electron chi connectivity index (χ1n) is 7.79. The van der Waals surface area contributed by atoms with Gasteiger partial charge >= 0.3 is 5.97 Å². The van der Waals surface area contributed by atoms with E-state index >= 15 is 0 Å². The van der Waals surface area contributed by atoms with Crippen LogP contribution < -0.4 is 5.32 Å². The van der Waals surface area contributed by atoms with Gasteiger partial charge in [-0.15, -0.1) is 0 Å². The molecule has 0 radical (unpaired) electrons. The van der Waals surface area contributed by atoms with Gasteiger partial charge in [0.25, 0.3) is 0 Å². The number of nitrogens with zero attached hydrogens (tertiary/aromatic N) is 2. The second kappa shape index (κ2) is 6.87. The third-order valence-corrected chi connectivity index (χ3v) is 4.16. The van der Waals surface area contributed by atoms with Gasteiger partial charge in [-0.2, -0.15) is 0 Å². The number of aromatic nitrogens is 2. The second-order valence-corrected chi connectivity index (χ2v) is 6.28. The van der Waals surface area contributed by atoms with E-state index in [0.717, 1.165) is 43.0 Å². The van der Waals surface area contributed by atoms with Gasteiger partial charge in [-0.1, -0.05) is 26.7 Å². The fourth-order valence-electron chi connectivity index (χ4n) is 2.95. The third-order valence-electron chi connectivity index (χ3n) is 4.16. The molecule has 21 heavy (non-hydrogen) atoms. The number of rotatable bonds is 5. The average Bonchev–Trinajstić information content (AvgIpc) is 2.44. The molecule has 1 heterocycles. The number of hydrogen-bond donors (Lipinski definition) is 2. The van der Waals surface area contributed by atoms with Gasteiger partial charge in [0.1, 0.15) is 11.6 Å². The lowest BCUT2D eigenvalue weighted by atomic mass is 9.79. The number of carboxylic acid groups (broad SMARTS) is 1. The SMILES string of the molecule is Cc1cc(NCC2CCCCC2C(=O)O)nc(C(C)C)n1. The average molecular weight is 291 g/mol. The maximum Gasteiger partial charge on any atom is 0.306 e. The fourth-order valence-corrected chi connectivity index (χ4v) is 2.95. The van der Waals surface area contributed by atoms with E-state index in [4.69, 9.17) is 0 Å². The van der Waals surface area contributed by atoms with Gasteiger partial charge in [-0.25, -0.2) is 9.97 Å². The Kier molecular flexibility index (Phi) is 5.15. The number of carbonyl (C=O) groups is 1. The summed E-state index contributed by atoms with van der Waals surface area (Å²) in [5.41, 5.74) is 0.939. The second-order valence-electron chi connectivity index (χ2n) is 6.28. The van der Waals surface area contributed by atoms with E-state index in [9.17, 15) is 9.90 Å². The number of carboxylic acids is 1. The van der Waals surface area contributed by atoms with E-state index in [2.05, 4.69) is 29.1 Å². The Balaban J connectivity index is 2.03. The summed E-state index contributed by atoms with van der Waals surface area (Å²) in [7, 11) is 0. The molecule has 0 amide bonds. The molecule has 5 nitrogen and oxygen atoms in total. The molecule has 1 aliphatic carbocycles. The minimum atomic E-state index is -0.664. The molecule has 116 valence electrons. The van der Waals surface area contributed by atoms with Gasteiger partial charge in [0, 0.05) is 24.2 Å². The van der Waals surface area contributed by atoms with E-state index in [1.54, 1.807) is 0 Å². The number of hydrogen-bond acceptors (Lipinski definition) is 4. The molecule has 2 rings (SSSR count). The van der Waals surface area contributed by atoms with Crippen LogP contribution in [0.25, 0.3) is 0 Å². The Morgan fingerprint density at radius 2 is 2.10 bits per heavy atom. The maximum absolute atomic E-state index is 11.3. The number of aliphatic carboxylic acids is 1. The predicted molar refractivity (Wildman–Crippen MR) is 82.4 cm³/mol. The largest absolute Gasteiger partial charge is 0.481 e. The summed E-state index contributed by atoms with van der Waals surface area (Å²) in [6.07, 6.45) is 3.92. The van der Waals surface area contributed by atoms with Crippen LogP contribution in [0.3, 0.4) is 0 Å². The summed E-state index contributed by atoms with van der Waals surface area (Å²) in [5.74, 6) is 1.22. The monoisotopic (exact) mass is 291 g/mol. The van der Waals surface area contributed by atoms with Crippen LogP contribution in [0.5, 0.6) is 0 Å². The molecule has 1 aromatic heterocycles. The Hall–Kier alpha value is -1.65. The molecule has 1 fully saturated rings. The molecular weight excluding hydrogens is 266 g/mol. The predicted octanol–water partition coefficient (Wildman–Crippen LogP) is 3.21. The highest BCUT2D eigenvalue weighted by Crippen LogP contribution is 2.30. The van der Waals surface area contributed by atoms with Crippen molar-refractivity contribution >= 4 is 11.8 Å². The van der Waals surface area contributed by atoms with Gasteiger partial charge in [-0.05, 0) is 25.7 Å². The van der Waals surface area contributed by atoms with Crippen LogP contribution in [0.4, 0.5) is 5.82 Å². The number of aryl methyl sites for hydroxylation is 1. The molecular formula is C16H25N3O2. The van der Waals surface area contributed by atoms with Gasteiger partial charge in [-0.3, -0.25) is 4.79 Å². The summed E-state index contributed by atoms with van der Waals surface area (Å²) in [4.78, 5) is 20.3. The molecule has 2 atom stereocenters. The smallest absolute Gasteiger partial charge is 0.306 e. The Morgan fingerprint density at radius 3 is 2.76 bits per heavy atom. The Morgan fingerprint density at radius 1 is 1.38 bits per heavy atom. The minimum Gasteiger partial charge on any atom is -0.481 e. The number of nitrogens with one attached hydrogen (secondary N) is 1. The quantitative estimate of drug-likeness (QED) is 0.871. The molecule has 0 aromatic carbocycles. The number of anilines is 1. The van der Waals surface area contributed by atoms with E-state index < -0.39 is 5.97 Å². The zero-order chi connectivity index (χ0) is 15.4. The van der Waals surface area contributed by atoms with Crippen LogP contribution in [-0.4, -0.2) is 27.6 Å². The van der Waals surface area contributed by atoms with Crippen LogP contribution in [-0.2, 0) is 4.79 Å². The van der Waals surface area contributed by atoms with E-state index in [0.29, 0.717) is 6.54 Å². The highest BCUT2D eigenvalue weighted by molar-refractivity contribution is 5.70. The molecule has 5 heteroatoms. The zero-order valence-corrected chi connectivity index (χ0v) is 13.1. The first-order valence-corrected chi connectivity index (χ1v) is 7.79. The van der Waals surface area contributed by atoms with E-state index in [1.165, 1.54) is 0 Å². The van der Waals surface area contributed by atoms with Crippen molar-refractivity contribution in [2.75, 3.05) is 11.9 Å². The summed E-state index contributed by atoms with van der Waals surface area (Å²) in [6.45, 7) is 6.77. The van der Waals surface area contributed by atoms with Crippen LogP contribution in [0, 0.1) is 18.8 Å². The minimum absolute atomic E-state index is 0.189. The first kappa shape index (κ1) is 15.7. The molecule has 0 spiro atoms. The molecule has 2 unspecified atom stereocenters. The van der Waals surface area contributed by atoms with E-state index in [-0.39, 0.29) is 17.8 Å². The van der Waals surface area contributed by atoms with Gasteiger partial charge in [0.15, 0.2) is 0 Å². The van der Waals surface area contributed by atoms with Gasteiger partial charge in [0.05, 0.1) is 5.92 Å². The standard InChI is InChI=1S/C16H25N3O2/c1-10(2)15-18-11(3)8-14(19-15)17-9-12-6-4-5-7-13(12)16(20)21/h8,10,12-13H,4-7,9H2,1-3H3,(H,20,21)(H,17,18,19). The van der Waals surface area contributed by atoms with Crippen molar-refractivity contribution in [1.29, 1.82) is 0 Å². The molecule has 1 aromatic rings. The summed E-state index contributed by atoms with van der Waals surface area (Å²) >= 11 is 0. The van der Waals surface area contributed by atoms with Crippen molar-refractivity contribution in [1.82, 2.24) is 9.97 Å². The van der Waals surface area contributed by atoms with Crippen molar-refractivity contribution in [3.63, 3.8) is 0 Å². The van der Waals surface area contributed by atoms with Crippen LogP contribution in [0.2, 0.25) is 0 Å². The van der Waals surface area contributed by atoms with Crippen molar-refractivity contribution in [2.45, 2.75) is 52.4 Å². The lowest BCUT2D eigenvalue weighted by Crippen LogP contribution is -2.32.